The van der Waals surface area contributed by atoms with Gasteiger partial charge in [0.25, 0.3) is 0 Å². The van der Waals surface area contributed by atoms with Crippen molar-refractivity contribution in [2.75, 3.05) is 13.2 Å². The zero-order chi connectivity index (χ0) is 23.6. The van der Waals surface area contributed by atoms with Crippen LogP contribution in [0.25, 0.3) is 0 Å². The SMILES string of the molecule is CC1(C)O[C@@H]2[C@H](O1)[C@@H](COC(c1ccccc1)(c1ccccc1)c1ccccc1)O[C@H]2CCO. The van der Waals surface area contributed by atoms with Crippen LogP contribution in [0.1, 0.15) is 37.0 Å². The highest BCUT2D eigenvalue weighted by Crippen LogP contribution is 2.43. The smallest absolute Gasteiger partial charge is 0.164 e. The van der Waals surface area contributed by atoms with Crippen molar-refractivity contribution < 1.29 is 24.1 Å². The molecule has 2 saturated heterocycles. The van der Waals surface area contributed by atoms with Crippen molar-refractivity contribution >= 4 is 0 Å². The zero-order valence-electron chi connectivity index (χ0n) is 19.7. The standard InChI is InChI=1S/C29H32O5/c1-28(2)33-26-24(18-19-30)32-25(27(26)34-28)20-31-29(21-12-6-3-7-13-21,22-14-8-4-9-15-22)23-16-10-5-11-17-23/h3-17,24-27,30H,18-20H2,1-2H3/t24-,25+,26-,27+/m0/s1. The van der Waals surface area contributed by atoms with Crippen molar-refractivity contribution in [3.63, 3.8) is 0 Å². The van der Waals surface area contributed by atoms with Crippen LogP contribution in [0.3, 0.4) is 0 Å². The van der Waals surface area contributed by atoms with E-state index in [2.05, 4.69) is 36.4 Å². The monoisotopic (exact) mass is 460 g/mol. The second-order valence-corrected chi connectivity index (χ2v) is 9.38. The summed E-state index contributed by atoms with van der Waals surface area (Å²) < 4.78 is 25.7. The van der Waals surface area contributed by atoms with Crippen LogP contribution in [0.5, 0.6) is 0 Å². The lowest BCUT2D eigenvalue weighted by atomic mass is 9.80. The van der Waals surface area contributed by atoms with Gasteiger partial charge in [-0.3, -0.25) is 0 Å². The molecule has 0 radical (unpaired) electrons. The average Bonchev–Trinajstić information content (AvgIpc) is 3.35. The Balaban J connectivity index is 1.53. The third kappa shape index (κ3) is 4.30. The molecule has 2 aliphatic rings. The van der Waals surface area contributed by atoms with Gasteiger partial charge in [-0.2, -0.15) is 0 Å². The number of rotatable bonds is 8. The molecule has 5 heteroatoms. The van der Waals surface area contributed by atoms with E-state index in [1.54, 1.807) is 0 Å². The molecule has 0 saturated carbocycles. The first kappa shape index (κ1) is 23.2. The Morgan fingerprint density at radius 1 is 0.735 bits per heavy atom. The molecule has 5 rings (SSSR count). The Labute approximate surface area is 201 Å². The van der Waals surface area contributed by atoms with Crippen molar-refractivity contribution in [2.45, 2.75) is 56.1 Å². The molecule has 0 aromatic heterocycles. The minimum Gasteiger partial charge on any atom is -0.396 e. The minimum absolute atomic E-state index is 0.0350. The summed E-state index contributed by atoms with van der Waals surface area (Å²) in [5, 5.41) is 9.56. The van der Waals surface area contributed by atoms with E-state index in [1.807, 2.05) is 68.4 Å². The van der Waals surface area contributed by atoms with E-state index in [1.165, 1.54) is 0 Å². The van der Waals surface area contributed by atoms with E-state index < -0.39 is 11.4 Å². The second kappa shape index (κ2) is 9.61. The third-order valence-corrected chi connectivity index (χ3v) is 6.66. The van der Waals surface area contributed by atoms with Crippen LogP contribution < -0.4 is 0 Å². The number of fused-ring (bicyclic) bond motifs is 1. The van der Waals surface area contributed by atoms with Crippen molar-refractivity contribution in [1.29, 1.82) is 0 Å². The van der Waals surface area contributed by atoms with Gasteiger partial charge in [0, 0.05) is 6.61 Å². The van der Waals surface area contributed by atoms with Crippen molar-refractivity contribution in [1.82, 2.24) is 0 Å². The van der Waals surface area contributed by atoms with Gasteiger partial charge in [-0.1, -0.05) is 91.0 Å². The van der Waals surface area contributed by atoms with E-state index in [-0.39, 0.29) is 31.0 Å². The fourth-order valence-electron chi connectivity index (χ4n) is 5.24. The lowest BCUT2D eigenvalue weighted by molar-refractivity contribution is -0.196. The summed E-state index contributed by atoms with van der Waals surface area (Å²) >= 11 is 0. The molecular weight excluding hydrogens is 428 g/mol. The van der Waals surface area contributed by atoms with Gasteiger partial charge in [0.1, 0.15) is 23.9 Å². The quantitative estimate of drug-likeness (QED) is 0.496. The Bertz CT molecular complexity index is 957. The predicted molar refractivity (Wildman–Crippen MR) is 129 cm³/mol. The summed E-state index contributed by atoms with van der Waals surface area (Å²) in [4.78, 5) is 0. The van der Waals surface area contributed by atoms with Gasteiger partial charge in [-0.15, -0.1) is 0 Å². The van der Waals surface area contributed by atoms with Crippen LogP contribution >= 0.6 is 0 Å². The molecule has 4 atom stereocenters. The van der Waals surface area contributed by atoms with Gasteiger partial charge < -0.3 is 24.1 Å². The minimum atomic E-state index is -0.827. The van der Waals surface area contributed by atoms with Gasteiger partial charge in [0.15, 0.2) is 5.79 Å². The maximum Gasteiger partial charge on any atom is 0.164 e. The summed E-state index contributed by atoms with van der Waals surface area (Å²) in [6.45, 7) is 4.18. The molecule has 0 unspecified atom stereocenters. The highest BCUT2D eigenvalue weighted by atomic mass is 16.8. The van der Waals surface area contributed by atoms with Crippen LogP contribution in [0.15, 0.2) is 91.0 Å². The first-order valence-corrected chi connectivity index (χ1v) is 12.0. The molecule has 0 amide bonds. The van der Waals surface area contributed by atoms with E-state index in [4.69, 9.17) is 18.9 Å². The molecule has 3 aromatic carbocycles. The topological polar surface area (TPSA) is 57.2 Å². The number of hydrogen-bond acceptors (Lipinski definition) is 5. The van der Waals surface area contributed by atoms with E-state index in [0.29, 0.717) is 13.0 Å². The molecule has 5 nitrogen and oxygen atoms in total. The second-order valence-electron chi connectivity index (χ2n) is 9.38. The summed E-state index contributed by atoms with van der Waals surface area (Å²) in [6.07, 6.45) is -0.538. The van der Waals surface area contributed by atoms with Crippen LogP contribution in [0.4, 0.5) is 0 Å². The Morgan fingerprint density at radius 2 is 1.18 bits per heavy atom. The first-order chi connectivity index (χ1) is 16.5. The predicted octanol–water partition coefficient (Wildman–Crippen LogP) is 4.67. The zero-order valence-corrected chi connectivity index (χ0v) is 19.7. The third-order valence-electron chi connectivity index (χ3n) is 6.66. The number of aliphatic hydroxyl groups excluding tert-OH is 1. The van der Waals surface area contributed by atoms with Crippen molar-refractivity contribution in [3.05, 3.63) is 108 Å². The molecule has 3 aromatic rings. The molecule has 0 bridgehead atoms. The fraction of sp³-hybridized carbons (Fsp3) is 0.379. The Morgan fingerprint density at radius 3 is 1.62 bits per heavy atom. The number of ether oxygens (including phenoxy) is 4. The largest absolute Gasteiger partial charge is 0.396 e. The van der Waals surface area contributed by atoms with Crippen LogP contribution in [0.2, 0.25) is 0 Å². The highest BCUT2D eigenvalue weighted by Gasteiger charge is 2.55. The van der Waals surface area contributed by atoms with E-state index in [0.717, 1.165) is 16.7 Å². The summed E-state index contributed by atoms with van der Waals surface area (Å²) in [5.41, 5.74) is 2.29. The molecule has 2 fully saturated rings. The lowest BCUT2D eigenvalue weighted by Crippen LogP contribution is -2.39. The fourth-order valence-corrected chi connectivity index (χ4v) is 5.24. The van der Waals surface area contributed by atoms with Gasteiger partial charge in [-0.25, -0.2) is 0 Å². The molecule has 34 heavy (non-hydrogen) atoms. The van der Waals surface area contributed by atoms with Gasteiger partial charge in [-0.05, 0) is 37.0 Å². The molecule has 2 heterocycles. The Kier molecular flexibility index (Phi) is 6.56. The first-order valence-electron chi connectivity index (χ1n) is 12.0. The van der Waals surface area contributed by atoms with Crippen LogP contribution in [-0.2, 0) is 24.5 Å². The summed E-state index contributed by atoms with van der Waals surface area (Å²) in [6, 6.07) is 30.9. The maximum atomic E-state index is 9.56. The molecule has 2 aliphatic heterocycles. The normalized spacial score (nSPS) is 25.9. The van der Waals surface area contributed by atoms with E-state index in [9.17, 15) is 5.11 Å². The lowest BCUT2D eigenvalue weighted by Gasteiger charge is -2.37. The number of aliphatic hydroxyl groups is 1. The van der Waals surface area contributed by atoms with Gasteiger partial charge in [0.2, 0.25) is 0 Å². The molecular formula is C29H32O5. The number of benzene rings is 3. The average molecular weight is 461 g/mol. The number of hydrogen-bond donors (Lipinski definition) is 1. The van der Waals surface area contributed by atoms with Crippen molar-refractivity contribution in [3.8, 4) is 0 Å². The van der Waals surface area contributed by atoms with Gasteiger partial charge >= 0.3 is 0 Å². The van der Waals surface area contributed by atoms with Crippen LogP contribution in [-0.4, -0.2) is 48.5 Å². The summed E-state index contributed by atoms with van der Waals surface area (Å²) in [7, 11) is 0. The molecule has 0 aliphatic carbocycles. The summed E-state index contributed by atoms with van der Waals surface area (Å²) in [5.74, 6) is -0.694. The molecule has 1 N–H and O–H groups in total. The molecule has 0 spiro atoms. The maximum absolute atomic E-state index is 9.56. The Hall–Kier alpha value is -2.54. The van der Waals surface area contributed by atoms with Crippen LogP contribution in [0, 0.1) is 0 Å². The van der Waals surface area contributed by atoms with E-state index >= 15 is 0 Å². The molecule has 178 valence electrons. The van der Waals surface area contributed by atoms with Gasteiger partial charge in [0.05, 0.1) is 12.7 Å². The van der Waals surface area contributed by atoms with Crippen molar-refractivity contribution in [2.24, 2.45) is 0 Å². The highest BCUT2D eigenvalue weighted by molar-refractivity contribution is 5.47.